The maximum absolute atomic E-state index is 13.2. The van der Waals surface area contributed by atoms with E-state index in [-0.39, 0.29) is 16.8 Å². The molecular formula is C18H25BrN2O3S. The number of benzene rings is 1. The summed E-state index contributed by atoms with van der Waals surface area (Å²) in [6, 6.07) is 3.60. The van der Waals surface area contributed by atoms with Crippen molar-refractivity contribution in [2.24, 2.45) is 0 Å². The Labute approximate surface area is 158 Å². The lowest BCUT2D eigenvalue weighted by atomic mass is 9.96. The number of carbonyl (C=O) groups excluding carboxylic acids is 1. The minimum atomic E-state index is -3.60. The molecule has 0 atom stereocenters. The summed E-state index contributed by atoms with van der Waals surface area (Å²) in [5, 5.41) is 0. The highest BCUT2D eigenvalue weighted by Gasteiger charge is 2.33. The molecule has 1 saturated carbocycles. The summed E-state index contributed by atoms with van der Waals surface area (Å²) in [6.07, 6.45) is 6.35. The van der Waals surface area contributed by atoms with Gasteiger partial charge in [0.1, 0.15) is 0 Å². The topological polar surface area (TPSA) is 57.7 Å². The number of hydrogen-bond acceptors (Lipinski definition) is 3. The van der Waals surface area contributed by atoms with E-state index in [0.29, 0.717) is 17.4 Å². The zero-order chi connectivity index (χ0) is 18.2. The molecule has 0 bridgehead atoms. The van der Waals surface area contributed by atoms with Gasteiger partial charge in [0.2, 0.25) is 15.9 Å². The van der Waals surface area contributed by atoms with Crippen LogP contribution in [-0.4, -0.2) is 38.3 Å². The summed E-state index contributed by atoms with van der Waals surface area (Å²) < 4.78 is 28.5. The summed E-state index contributed by atoms with van der Waals surface area (Å²) in [5.41, 5.74) is 1.76. The molecule has 0 radical (unpaired) electrons. The maximum atomic E-state index is 13.2. The van der Waals surface area contributed by atoms with Crippen molar-refractivity contribution in [2.75, 3.05) is 18.5 Å². The van der Waals surface area contributed by atoms with Gasteiger partial charge in [-0.1, -0.05) is 26.2 Å². The van der Waals surface area contributed by atoms with Gasteiger partial charge in [-0.05, 0) is 52.9 Å². The zero-order valence-corrected chi connectivity index (χ0v) is 17.2. The second-order valence-corrected chi connectivity index (χ2v) is 9.69. The highest BCUT2D eigenvalue weighted by molar-refractivity contribution is 9.10. The van der Waals surface area contributed by atoms with Crippen LogP contribution in [0, 0.1) is 0 Å². The molecule has 1 aromatic rings. The number of hydrogen-bond donors (Lipinski definition) is 0. The third-order valence-corrected chi connectivity index (χ3v) is 8.25. The van der Waals surface area contributed by atoms with Crippen LogP contribution < -0.4 is 4.90 Å². The number of sulfonamides is 1. The lowest BCUT2D eigenvalue weighted by Crippen LogP contribution is -2.38. The van der Waals surface area contributed by atoms with Gasteiger partial charge >= 0.3 is 0 Å². The van der Waals surface area contributed by atoms with Gasteiger partial charge in [0.15, 0.2) is 0 Å². The molecule has 1 aliphatic carbocycles. The van der Waals surface area contributed by atoms with E-state index in [2.05, 4.69) is 15.9 Å². The van der Waals surface area contributed by atoms with Crippen LogP contribution in [0.1, 0.15) is 51.0 Å². The van der Waals surface area contributed by atoms with Crippen molar-refractivity contribution in [3.8, 4) is 0 Å². The van der Waals surface area contributed by atoms with Crippen LogP contribution in [-0.2, 0) is 21.2 Å². The van der Waals surface area contributed by atoms with E-state index < -0.39 is 10.0 Å². The van der Waals surface area contributed by atoms with Gasteiger partial charge in [0.05, 0.1) is 4.90 Å². The van der Waals surface area contributed by atoms with E-state index in [1.807, 2.05) is 13.0 Å². The Hall–Kier alpha value is -0.920. The number of anilines is 1. The molecule has 3 rings (SSSR count). The monoisotopic (exact) mass is 428 g/mol. The Morgan fingerprint density at radius 1 is 1.28 bits per heavy atom. The molecular weight excluding hydrogens is 404 g/mol. The van der Waals surface area contributed by atoms with Crippen molar-refractivity contribution in [3.63, 3.8) is 0 Å². The number of fused-ring (bicyclic) bond motifs is 1. The fourth-order valence-corrected chi connectivity index (χ4v) is 6.32. The summed E-state index contributed by atoms with van der Waals surface area (Å²) in [5.74, 6) is 0.0325. The third-order valence-electron chi connectivity index (χ3n) is 5.38. The Kier molecular flexibility index (Phi) is 5.56. The first-order valence-electron chi connectivity index (χ1n) is 8.97. The zero-order valence-electron chi connectivity index (χ0n) is 14.8. The number of rotatable bonds is 4. The first kappa shape index (κ1) is 18.9. The van der Waals surface area contributed by atoms with Crippen LogP contribution in [0.4, 0.5) is 5.69 Å². The quantitative estimate of drug-likeness (QED) is 0.734. The summed E-state index contributed by atoms with van der Waals surface area (Å²) in [7, 11) is -1.92. The van der Waals surface area contributed by atoms with Gasteiger partial charge in [-0.2, -0.15) is 4.31 Å². The number of halogens is 1. The normalized spacial score (nSPS) is 18.6. The molecule has 0 spiro atoms. The molecule has 7 heteroatoms. The maximum Gasteiger partial charge on any atom is 0.244 e. The molecule has 138 valence electrons. The van der Waals surface area contributed by atoms with Crippen molar-refractivity contribution >= 4 is 37.5 Å². The van der Waals surface area contributed by atoms with Gasteiger partial charge in [0, 0.05) is 36.2 Å². The Morgan fingerprint density at radius 2 is 1.96 bits per heavy atom. The molecule has 0 aromatic heterocycles. The molecule has 1 aromatic carbocycles. The fraction of sp³-hybridized carbons (Fsp3) is 0.611. The third kappa shape index (κ3) is 3.51. The fourth-order valence-electron chi connectivity index (χ4n) is 3.83. The van der Waals surface area contributed by atoms with Crippen molar-refractivity contribution in [3.05, 3.63) is 22.2 Å². The van der Waals surface area contributed by atoms with Crippen LogP contribution in [0.2, 0.25) is 0 Å². The van der Waals surface area contributed by atoms with Gasteiger partial charge < -0.3 is 4.90 Å². The van der Waals surface area contributed by atoms with Crippen molar-refractivity contribution in [2.45, 2.75) is 62.8 Å². The number of nitrogens with zero attached hydrogens (tertiary/aromatic N) is 2. The average molecular weight is 429 g/mol. The Balaban J connectivity index is 1.98. The van der Waals surface area contributed by atoms with Crippen LogP contribution in [0.5, 0.6) is 0 Å². The van der Waals surface area contributed by atoms with Crippen molar-refractivity contribution < 1.29 is 13.2 Å². The molecule has 0 N–H and O–H groups in total. The minimum absolute atomic E-state index is 0.0325. The standard InChI is InChI=1S/C18H25BrN2O3S/c1-3-18(22)21-10-9-13-11-15(19)17(12-16(13)21)25(23,24)20(2)14-7-5-4-6-8-14/h11-12,14H,3-10H2,1-2H3. The van der Waals surface area contributed by atoms with Crippen molar-refractivity contribution in [1.82, 2.24) is 4.31 Å². The smallest absolute Gasteiger partial charge is 0.244 e. The van der Waals surface area contributed by atoms with E-state index in [1.54, 1.807) is 18.0 Å². The number of carbonyl (C=O) groups is 1. The van der Waals surface area contributed by atoms with E-state index in [0.717, 1.165) is 43.4 Å². The van der Waals surface area contributed by atoms with E-state index >= 15 is 0 Å². The van der Waals surface area contributed by atoms with Crippen molar-refractivity contribution in [1.29, 1.82) is 0 Å². The van der Waals surface area contributed by atoms with Crippen LogP contribution in [0.25, 0.3) is 0 Å². The molecule has 0 unspecified atom stereocenters. The summed E-state index contributed by atoms with van der Waals surface area (Å²) in [6.45, 7) is 2.45. The van der Waals surface area contributed by atoms with Crippen LogP contribution in [0.3, 0.4) is 0 Å². The summed E-state index contributed by atoms with van der Waals surface area (Å²) in [4.78, 5) is 14.1. The molecule has 1 amide bonds. The molecule has 25 heavy (non-hydrogen) atoms. The van der Waals surface area contributed by atoms with Gasteiger partial charge in [-0.25, -0.2) is 8.42 Å². The highest BCUT2D eigenvalue weighted by Crippen LogP contribution is 2.37. The van der Waals surface area contributed by atoms with Gasteiger partial charge in [-0.15, -0.1) is 0 Å². The first-order valence-corrected chi connectivity index (χ1v) is 11.2. The molecule has 5 nitrogen and oxygen atoms in total. The highest BCUT2D eigenvalue weighted by atomic mass is 79.9. The SMILES string of the molecule is CCC(=O)N1CCc2cc(Br)c(S(=O)(=O)N(C)C3CCCCC3)cc21. The predicted molar refractivity (Wildman–Crippen MR) is 102 cm³/mol. The molecule has 1 aliphatic heterocycles. The summed E-state index contributed by atoms with van der Waals surface area (Å²) >= 11 is 3.44. The van der Waals surface area contributed by atoms with Gasteiger partial charge in [-0.3, -0.25) is 4.79 Å². The largest absolute Gasteiger partial charge is 0.312 e. The molecule has 2 aliphatic rings. The Morgan fingerprint density at radius 3 is 2.60 bits per heavy atom. The second-order valence-electron chi connectivity index (χ2n) is 6.87. The molecule has 0 saturated heterocycles. The Bertz CT molecular complexity index is 773. The van der Waals surface area contributed by atoms with E-state index in [1.165, 1.54) is 10.7 Å². The lowest BCUT2D eigenvalue weighted by Gasteiger charge is -2.31. The predicted octanol–water partition coefficient (Wildman–Crippen LogP) is 3.70. The minimum Gasteiger partial charge on any atom is -0.312 e. The second kappa shape index (κ2) is 7.37. The van der Waals surface area contributed by atoms with Crippen LogP contribution >= 0.6 is 15.9 Å². The lowest BCUT2D eigenvalue weighted by molar-refractivity contribution is -0.118. The average Bonchev–Trinajstić information content (AvgIpc) is 3.03. The first-order chi connectivity index (χ1) is 11.9. The number of amides is 1. The van der Waals surface area contributed by atoms with Crippen LogP contribution in [0.15, 0.2) is 21.5 Å². The van der Waals surface area contributed by atoms with E-state index in [9.17, 15) is 13.2 Å². The molecule has 1 fully saturated rings. The van der Waals surface area contributed by atoms with E-state index in [4.69, 9.17) is 0 Å². The van der Waals surface area contributed by atoms with Gasteiger partial charge in [0.25, 0.3) is 0 Å². The molecule has 1 heterocycles.